The highest BCUT2D eigenvalue weighted by Crippen LogP contribution is 2.27. The number of nitrogens with one attached hydrogen (secondary N) is 1. The summed E-state index contributed by atoms with van der Waals surface area (Å²) in [6, 6.07) is 7.57. The van der Waals surface area contributed by atoms with Gasteiger partial charge in [-0.05, 0) is 30.2 Å². The fraction of sp³-hybridized carbons (Fsp3) is 0.357. The Balaban J connectivity index is 2.06. The highest BCUT2D eigenvalue weighted by atomic mass is 32.1. The van der Waals surface area contributed by atoms with Crippen molar-refractivity contribution in [3.05, 3.63) is 24.3 Å². The Morgan fingerprint density at radius 1 is 1.30 bits per heavy atom. The third-order valence-corrected chi connectivity index (χ3v) is 3.49. The van der Waals surface area contributed by atoms with Crippen LogP contribution in [0.25, 0.3) is 10.6 Å². The van der Waals surface area contributed by atoms with Crippen molar-refractivity contribution in [3.63, 3.8) is 0 Å². The van der Waals surface area contributed by atoms with Crippen molar-refractivity contribution >= 4 is 22.4 Å². The SMILES string of the molecule is COc1ccc(-c2nnc(NC(=O)CC(C)C)s2)cc1. The summed E-state index contributed by atoms with van der Waals surface area (Å²) in [5, 5.41) is 12.1. The average Bonchev–Trinajstić information content (AvgIpc) is 2.86. The number of aromatic nitrogens is 2. The van der Waals surface area contributed by atoms with Gasteiger partial charge in [-0.15, -0.1) is 10.2 Å². The van der Waals surface area contributed by atoms with E-state index < -0.39 is 0 Å². The minimum atomic E-state index is -0.0302. The van der Waals surface area contributed by atoms with E-state index in [0.717, 1.165) is 16.3 Å². The van der Waals surface area contributed by atoms with Crippen LogP contribution in [-0.2, 0) is 4.79 Å². The predicted molar refractivity (Wildman–Crippen MR) is 80.0 cm³/mol. The zero-order valence-electron chi connectivity index (χ0n) is 11.7. The largest absolute Gasteiger partial charge is 0.497 e. The molecule has 0 saturated heterocycles. The van der Waals surface area contributed by atoms with Gasteiger partial charge < -0.3 is 10.1 Å². The maximum atomic E-state index is 11.7. The number of benzene rings is 1. The first-order chi connectivity index (χ1) is 9.58. The number of rotatable bonds is 5. The number of ether oxygens (including phenoxy) is 1. The molecule has 0 fully saturated rings. The van der Waals surface area contributed by atoms with Crippen molar-refractivity contribution in [2.24, 2.45) is 5.92 Å². The van der Waals surface area contributed by atoms with E-state index in [4.69, 9.17) is 4.74 Å². The molecule has 5 nitrogen and oxygen atoms in total. The molecular formula is C14H17N3O2S. The monoisotopic (exact) mass is 291 g/mol. The predicted octanol–water partition coefficient (Wildman–Crippen LogP) is 3.20. The van der Waals surface area contributed by atoms with Crippen LogP contribution < -0.4 is 10.1 Å². The third-order valence-electron chi connectivity index (χ3n) is 2.60. The van der Waals surface area contributed by atoms with Gasteiger partial charge in [-0.3, -0.25) is 4.79 Å². The summed E-state index contributed by atoms with van der Waals surface area (Å²) in [5.41, 5.74) is 0.952. The molecule has 1 amide bonds. The van der Waals surface area contributed by atoms with Crippen molar-refractivity contribution in [2.75, 3.05) is 12.4 Å². The van der Waals surface area contributed by atoms with E-state index in [2.05, 4.69) is 15.5 Å². The Morgan fingerprint density at radius 2 is 2.00 bits per heavy atom. The molecule has 6 heteroatoms. The number of hydrogen-bond acceptors (Lipinski definition) is 5. The highest BCUT2D eigenvalue weighted by Gasteiger charge is 2.10. The van der Waals surface area contributed by atoms with Gasteiger partial charge in [0.1, 0.15) is 10.8 Å². The van der Waals surface area contributed by atoms with Crippen molar-refractivity contribution in [3.8, 4) is 16.3 Å². The van der Waals surface area contributed by atoms with Gasteiger partial charge >= 0.3 is 0 Å². The highest BCUT2D eigenvalue weighted by molar-refractivity contribution is 7.18. The van der Waals surface area contributed by atoms with Crippen LogP contribution in [0.15, 0.2) is 24.3 Å². The minimum Gasteiger partial charge on any atom is -0.497 e. The Labute approximate surface area is 122 Å². The lowest BCUT2D eigenvalue weighted by Gasteiger charge is -2.02. The van der Waals surface area contributed by atoms with E-state index in [0.29, 0.717) is 17.5 Å². The first-order valence-electron chi connectivity index (χ1n) is 6.36. The molecule has 106 valence electrons. The molecule has 2 aromatic rings. The van der Waals surface area contributed by atoms with E-state index in [9.17, 15) is 4.79 Å². The van der Waals surface area contributed by atoms with Gasteiger partial charge in [-0.2, -0.15) is 0 Å². The molecule has 1 N–H and O–H groups in total. The third kappa shape index (κ3) is 3.77. The summed E-state index contributed by atoms with van der Waals surface area (Å²) in [4.78, 5) is 11.7. The van der Waals surface area contributed by atoms with Crippen LogP contribution in [0.3, 0.4) is 0 Å². The molecule has 0 aliphatic heterocycles. The fourth-order valence-corrected chi connectivity index (χ4v) is 2.43. The maximum absolute atomic E-state index is 11.7. The van der Waals surface area contributed by atoms with Crippen molar-refractivity contribution in [1.29, 1.82) is 0 Å². The molecular weight excluding hydrogens is 274 g/mol. The Hall–Kier alpha value is -1.95. The summed E-state index contributed by atoms with van der Waals surface area (Å²) in [6.07, 6.45) is 0.484. The number of nitrogens with zero attached hydrogens (tertiary/aromatic N) is 2. The van der Waals surface area contributed by atoms with Gasteiger partial charge in [0.25, 0.3) is 0 Å². The van der Waals surface area contributed by atoms with Crippen LogP contribution >= 0.6 is 11.3 Å². The molecule has 0 saturated carbocycles. The summed E-state index contributed by atoms with van der Waals surface area (Å²) < 4.78 is 5.11. The van der Waals surface area contributed by atoms with E-state index in [1.54, 1.807) is 7.11 Å². The van der Waals surface area contributed by atoms with Crippen molar-refractivity contribution in [2.45, 2.75) is 20.3 Å². The Kier molecular flexibility index (Phi) is 4.68. The topological polar surface area (TPSA) is 64.1 Å². The normalized spacial score (nSPS) is 10.6. The number of methoxy groups -OCH3 is 1. The number of carbonyl (C=O) groups excluding carboxylic acids is 1. The molecule has 2 rings (SSSR count). The number of anilines is 1. The summed E-state index contributed by atoms with van der Waals surface area (Å²) in [6.45, 7) is 4.00. The second-order valence-electron chi connectivity index (χ2n) is 4.79. The summed E-state index contributed by atoms with van der Waals surface area (Å²) in [5.74, 6) is 1.09. The minimum absolute atomic E-state index is 0.0302. The van der Waals surface area contributed by atoms with Crippen molar-refractivity contribution in [1.82, 2.24) is 10.2 Å². The van der Waals surface area contributed by atoms with Gasteiger partial charge in [0, 0.05) is 12.0 Å². The number of hydrogen-bond donors (Lipinski definition) is 1. The molecule has 0 unspecified atom stereocenters. The first-order valence-corrected chi connectivity index (χ1v) is 7.18. The second kappa shape index (κ2) is 6.47. The molecule has 20 heavy (non-hydrogen) atoms. The van der Waals surface area contributed by atoms with Crippen LogP contribution in [0.5, 0.6) is 5.75 Å². The molecule has 1 heterocycles. The first kappa shape index (κ1) is 14.5. The average molecular weight is 291 g/mol. The standard InChI is InChI=1S/C14H17N3O2S/c1-9(2)8-12(18)15-14-17-16-13(20-14)10-4-6-11(19-3)7-5-10/h4-7,9H,8H2,1-3H3,(H,15,17,18). The van der Waals surface area contributed by atoms with Crippen LogP contribution in [0, 0.1) is 5.92 Å². The van der Waals surface area contributed by atoms with E-state index in [1.165, 1.54) is 11.3 Å². The van der Waals surface area contributed by atoms with Gasteiger partial charge in [0.15, 0.2) is 0 Å². The summed E-state index contributed by atoms with van der Waals surface area (Å²) in [7, 11) is 1.63. The number of amides is 1. The molecule has 1 aromatic carbocycles. The van der Waals surface area contributed by atoms with Gasteiger partial charge in [-0.1, -0.05) is 25.2 Å². The molecule has 1 aromatic heterocycles. The van der Waals surface area contributed by atoms with Crippen LogP contribution in [-0.4, -0.2) is 23.2 Å². The molecule has 0 atom stereocenters. The van der Waals surface area contributed by atoms with E-state index in [1.807, 2.05) is 38.1 Å². The zero-order chi connectivity index (χ0) is 14.5. The van der Waals surface area contributed by atoms with Crippen LogP contribution in [0.2, 0.25) is 0 Å². The molecule has 0 radical (unpaired) electrons. The Bertz CT molecular complexity index is 578. The fourth-order valence-electron chi connectivity index (χ4n) is 1.67. The maximum Gasteiger partial charge on any atom is 0.226 e. The zero-order valence-corrected chi connectivity index (χ0v) is 12.5. The lowest BCUT2D eigenvalue weighted by molar-refractivity contribution is -0.116. The lowest BCUT2D eigenvalue weighted by Crippen LogP contribution is -2.13. The molecule has 0 bridgehead atoms. The van der Waals surface area contributed by atoms with Gasteiger partial charge in [0.05, 0.1) is 7.11 Å². The smallest absolute Gasteiger partial charge is 0.226 e. The number of carbonyl (C=O) groups is 1. The van der Waals surface area contributed by atoms with Gasteiger partial charge in [-0.25, -0.2) is 0 Å². The van der Waals surface area contributed by atoms with Crippen LogP contribution in [0.4, 0.5) is 5.13 Å². The summed E-state index contributed by atoms with van der Waals surface area (Å²) >= 11 is 1.36. The molecule has 0 spiro atoms. The quantitative estimate of drug-likeness (QED) is 0.918. The molecule has 0 aliphatic rings. The molecule has 0 aliphatic carbocycles. The second-order valence-corrected chi connectivity index (χ2v) is 5.76. The van der Waals surface area contributed by atoms with Gasteiger partial charge in [0.2, 0.25) is 11.0 Å². The van der Waals surface area contributed by atoms with E-state index in [-0.39, 0.29) is 5.91 Å². The lowest BCUT2D eigenvalue weighted by atomic mass is 10.1. The van der Waals surface area contributed by atoms with E-state index >= 15 is 0 Å². The van der Waals surface area contributed by atoms with Crippen molar-refractivity contribution < 1.29 is 9.53 Å². The Morgan fingerprint density at radius 3 is 2.60 bits per heavy atom. The van der Waals surface area contributed by atoms with Crippen LogP contribution in [0.1, 0.15) is 20.3 Å².